The highest BCUT2D eigenvalue weighted by molar-refractivity contribution is 7.47. The van der Waals surface area contributed by atoms with E-state index in [1.165, 1.54) is 6.07 Å². The van der Waals surface area contributed by atoms with E-state index in [1.54, 1.807) is 0 Å². The lowest BCUT2D eigenvalue weighted by Crippen LogP contribution is -2.68. The number of nitrogens with two attached hydrogens (primary N) is 2. The number of carboxylic acid groups (broad SMARTS) is 1. The number of nitrogens with zero attached hydrogens (tertiary/aromatic N) is 2. The van der Waals surface area contributed by atoms with Crippen LogP contribution in [0.2, 0.25) is 0 Å². The molecule has 1 amide bonds. The molecule has 3 heterocycles. The SMILES string of the molecule is NCC(=O)NC1C([C@H](O)C(O)CO)OC(OP(=O)(O)OCC2OC(n3ccc(N)nc3=O)C(O)[C@H]2O)(C(=O)O)C[C@H]1O. The molecule has 0 aliphatic carbocycles. The van der Waals surface area contributed by atoms with Crippen LogP contribution in [0.3, 0.4) is 0 Å². The van der Waals surface area contributed by atoms with Crippen molar-refractivity contribution in [3.8, 4) is 0 Å². The van der Waals surface area contributed by atoms with E-state index in [-0.39, 0.29) is 5.82 Å². The Hall–Kier alpha value is -2.63. The quantitative estimate of drug-likeness (QED) is 0.0957. The summed E-state index contributed by atoms with van der Waals surface area (Å²) in [4.78, 5) is 49.9. The van der Waals surface area contributed by atoms with E-state index < -0.39 is 112 Å². The number of phosphoric ester groups is 1. The maximum atomic E-state index is 12.8. The van der Waals surface area contributed by atoms with Gasteiger partial charge in [-0.05, 0) is 6.07 Å². The van der Waals surface area contributed by atoms with Crippen molar-refractivity contribution < 1.29 is 73.3 Å². The fraction of sp³-hybridized carbons (Fsp3) is 0.700. The number of nitrogen functional groups attached to an aromatic ring is 1. The number of hydrogen-bond donors (Lipinski definition) is 11. The largest absolute Gasteiger partial charge is 0.477 e. The number of aliphatic hydroxyl groups is 6. The molecule has 1 aromatic rings. The van der Waals surface area contributed by atoms with Crippen LogP contribution < -0.4 is 22.5 Å². The van der Waals surface area contributed by atoms with Crippen molar-refractivity contribution in [2.24, 2.45) is 5.73 Å². The van der Waals surface area contributed by atoms with Crippen molar-refractivity contribution in [3.63, 3.8) is 0 Å². The van der Waals surface area contributed by atoms with Gasteiger partial charge in [0.15, 0.2) is 6.23 Å². The van der Waals surface area contributed by atoms with Gasteiger partial charge in [-0.2, -0.15) is 4.98 Å². The van der Waals surface area contributed by atoms with Crippen LogP contribution in [0.4, 0.5) is 5.82 Å². The molecule has 2 fully saturated rings. The molecule has 0 aromatic carbocycles. The number of carbonyl (C=O) groups is 2. The third-order valence-electron chi connectivity index (χ3n) is 6.46. The molecule has 21 nitrogen and oxygen atoms in total. The van der Waals surface area contributed by atoms with Gasteiger partial charge in [-0.15, -0.1) is 0 Å². The number of carbonyl (C=O) groups excluding carboxylic acids is 1. The standard InChI is InChI=1S/C20H32N5O16P/c21-4-11(29)24-12-7(27)3-20(18(33)34,40-16(12)13(30)8(28)5-26)41-42(36,37)38-6-9-14(31)15(32)17(39-9)25-2-1-10(22)23-19(25)35/h1-2,7-9,12-17,26-28,30-32H,3-6,21H2,(H,24,29)(H,33,34)(H,36,37)(H2,22,23,35)/t7-,8?,9?,12?,13-,14+,15?,16?,17?,20?/m1/s1. The van der Waals surface area contributed by atoms with Gasteiger partial charge in [0.25, 0.3) is 5.79 Å². The van der Waals surface area contributed by atoms with Crippen molar-refractivity contribution in [2.45, 2.75) is 67.2 Å². The molecule has 8 unspecified atom stereocenters. The van der Waals surface area contributed by atoms with Crippen molar-refractivity contribution in [1.29, 1.82) is 0 Å². The lowest BCUT2D eigenvalue weighted by molar-refractivity contribution is -0.289. The smallest absolute Gasteiger partial charge is 0.475 e. The number of amides is 1. The van der Waals surface area contributed by atoms with E-state index in [1.807, 2.05) is 0 Å². The molecule has 13 N–H and O–H groups in total. The number of aromatic nitrogens is 2. The first-order valence-electron chi connectivity index (χ1n) is 12.2. The Kier molecular flexibility index (Phi) is 10.8. The maximum Gasteiger partial charge on any atom is 0.475 e. The summed E-state index contributed by atoms with van der Waals surface area (Å²) in [7, 11) is -5.54. The summed E-state index contributed by atoms with van der Waals surface area (Å²) in [5.74, 6) is -6.39. The van der Waals surface area contributed by atoms with E-state index in [0.717, 1.165) is 10.8 Å². The second-order valence-corrected chi connectivity index (χ2v) is 10.8. The van der Waals surface area contributed by atoms with E-state index >= 15 is 0 Å². The Bertz CT molecular complexity index is 1240. The summed E-state index contributed by atoms with van der Waals surface area (Å²) >= 11 is 0. The highest BCUT2D eigenvalue weighted by Crippen LogP contribution is 2.51. The minimum atomic E-state index is -5.54. The summed E-state index contributed by atoms with van der Waals surface area (Å²) in [5, 5.41) is 72.8. The van der Waals surface area contributed by atoms with Crippen LogP contribution in [-0.4, -0.2) is 136 Å². The second kappa shape index (κ2) is 13.3. The summed E-state index contributed by atoms with van der Waals surface area (Å²) in [6.45, 7) is -2.71. The lowest BCUT2D eigenvalue weighted by Gasteiger charge is -2.46. The summed E-state index contributed by atoms with van der Waals surface area (Å²) < 4.78 is 33.7. The van der Waals surface area contributed by atoms with Gasteiger partial charge in [-0.3, -0.25) is 13.9 Å². The normalized spacial score (nSPS) is 34.3. The summed E-state index contributed by atoms with van der Waals surface area (Å²) in [6.07, 6.45) is -14.9. The molecule has 238 valence electrons. The highest BCUT2D eigenvalue weighted by Gasteiger charge is 2.59. The minimum absolute atomic E-state index is 0.140. The number of carboxylic acids is 1. The second-order valence-electron chi connectivity index (χ2n) is 9.39. The van der Waals surface area contributed by atoms with Crippen molar-refractivity contribution in [1.82, 2.24) is 14.9 Å². The zero-order valence-corrected chi connectivity index (χ0v) is 22.4. The van der Waals surface area contributed by atoms with E-state index in [0.29, 0.717) is 0 Å². The van der Waals surface area contributed by atoms with Crippen LogP contribution in [0.1, 0.15) is 12.6 Å². The van der Waals surface area contributed by atoms with Crippen LogP contribution in [0.5, 0.6) is 0 Å². The Balaban J connectivity index is 1.79. The number of rotatable bonds is 12. The molecular formula is C20H32N5O16P. The predicted octanol–water partition coefficient (Wildman–Crippen LogP) is -6.33. The zero-order valence-electron chi connectivity index (χ0n) is 21.5. The van der Waals surface area contributed by atoms with E-state index in [4.69, 9.17) is 30.0 Å². The Labute approximate surface area is 235 Å². The number of hydrogen-bond acceptors (Lipinski definition) is 17. The Morgan fingerprint density at radius 1 is 1.29 bits per heavy atom. The predicted molar refractivity (Wildman–Crippen MR) is 132 cm³/mol. The zero-order chi connectivity index (χ0) is 31.6. The molecule has 42 heavy (non-hydrogen) atoms. The van der Waals surface area contributed by atoms with E-state index in [2.05, 4.69) is 10.3 Å². The molecule has 0 bridgehead atoms. The van der Waals surface area contributed by atoms with Gasteiger partial charge >= 0.3 is 19.5 Å². The van der Waals surface area contributed by atoms with E-state index in [9.17, 15) is 59.6 Å². The Morgan fingerprint density at radius 2 is 1.95 bits per heavy atom. The van der Waals surface area contributed by atoms with Gasteiger partial charge in [0.2, 0.25) is 5.91 Å². The molecular weight excluding hydrogens is 597 g/mol. The molecule has 0 spiro atoms. The molecule has 22 heteroatoms. The highest BCUT2D eigenvalue weighted by atomic mass is 31.2. The van der Waals surface area contributed by atoms with Crippen LogP contribution in [0.15, 0.2) is 17.1 Å². The van der Waals surface area contributed by atoms with Crippen LogP contribution in [0.25, 0.3) is 0 Å². The molecule has 0 radical (unpaired) electrons. The van der Waals surface area contributed by atoms with Gasteiger partial charge in [0.1, 0.15) is 42.4 Å². The van der Waals surface area contributed by atoms with Crippen molar-refractivity contribution in [3.05, 3.63) is 22.7 Å². The topological polar surface area (TPSA) is 349 Å². The maximum absolute atomic E-state index is 12.8. The van der Waals surface area contributed by atoms with Crippen LogP contribution in [0, 0.1) is 0 Å². The molecule has 3 rings (SSSR count). The molecule has 2 aliphatic rings. The number of anilines is 1. The molecule has 0 saturated carbocycles. The van der Waals surface area contributed by atoms with Gasteiger partial charge < -0.3 is 66.9 Å². The number of ether oxygens (including phenoxy) is 2. The molecule has 2 saturated heterocycles. The van der Waals surface area contributed by atoms with Crippen molar-refractivity contribution in [2.75, 3.05) is 25.5 Å². The first-order chi connectivity index (χ1) is 19.6. The van der Waals surface area contributed by atoms with Gasteiger partial charge in [-0.1, -0.05) is 0 Å². The number of aliphatic carboxylic acids is 1. The van der Waals surface area contributed by atoms with Crippen LogP contribution in [-0.2, 0) is 32.7 Å². The first-order valence-corrected chi connectivity index (χ1v) is 13.7. The third kappa shape index (κ3) is 7.29. The number of aliphatic hydroxyl groups excluding tert-OH is 6. The average Bonchev–Trinajstić information content (AvgIpc) is 3.20. The van der Waals surface area contributed by atoms with Gasteiger partial charge in [-0.25, -0.2) is 18.7 Å². The van der Waals surface area contributed by atoms with Crippen LogP contribution >= 0.6 is 7.82 Å². The number of phosphoric acid groups is 1. The lowest BCUT2D eigenvalue weighted by atomic mass is 9.88. The third-order valence-corrected chi connectivity index (χ3v) is 7.46. The Morgan fingerprint density at radius 3 is 2.52 bits per heavy atom. The first kappa shape index (κ1) is 33.9. The monoisotopic (exact) mass is 629 g/mol. The van der Waals surface area contributed by atoms with Gasteiger partial charge in [0.05, 0.1) is 31.9 Å². The molecule has 11 atom stereocenters. The average molecular weight is 629 g/mol. The molecule has 1 aromatic heterocycles. The minimum Gasteiger partial charge on any atom is -0.477 e. The number of nitrogens with one attached hydrogen (secondary N) is 1. The van der Waals surface area contributed by atoms with Gasteiger partial charge in [0, 0.05) is 12.6 Å². The summed E-state index contributed by atoms with van der Waals surface area (Å²) in [6, 6.07) is -0.442. The van der Waals surface area contributed by atoms with Crippen molar-refractivity contribution >= 4 is 25.5 Å². The fourth-order valence-electron chi connectivity index (χ4n) is 4.33. The molecule has 2 aliphatic heterocycles. The summed E-state index contributed by atoms with van der Waals surface area (Å²) in [5.41, 5.74) is 9.68. The fourth-order valence-corrected chi connectivity index (χ4v) is 5.28.